The van der Waals surface area contributed by atoms with Gasteiger partial charge in [0.1, 0.15) is 11.6 Å². The lowest BCUT2D eigenvalue weighted by Gasteiger charge is -2.12. The standard InChI is InChI=1S/C15H13F2NOS/c16-11-6-7-13(12(17)9-11)18-15(19)14(20)8-10-4-2-1-3-5-10/h1-7,9,14,20H,8H2,(H,18,19). The molecule has 2 aromatic carbocycles. The first-order chi connectivity index (χ1) is 9.56. The zero-order valence-corrected chi connectivity index (χ0v) is 11.4. The molecular weight excluding hydrogens is 280 g/mol. The molecule has 0 saturated carbocycles. The van der Waals surface area contributed by atoms with E-state index in [9.17, 15) is 13.6 Å². The van der Waals surface area contributed by atoms with Gasteiger partial charge >= 0.3 is 0 Å². The van der Waals surface area contributed by atoms with E-state index in [1.54, 1.807) is 0 Å². The van der Waals surface area contributed by atoms with Gasteiger partial charge in [-0.05, 0) is 24.1 Å². The fraction of sp³-hybridized carbons (Fsp3) is 0.133. The van der Waals surface area contributed by atoms with E-state index in [1.165, 1.54) is 6.07 Å². The maximum absolute atomic E-state index is 13.4. The summed E-state index contributed by atoms with van der Waals surface area (Å²) in [6.45, 7) is 0. The van der Waals surface area contributed by atoms with Crippen LogP contribution in [-0.2, 0) is 11.2 Å². The van der Waals surface area contributed by atoms with Crippen LogP contribution in [0.2, 0.25) is 0 Å². The number of halogens is 2. The van der Waals surface area contributed by atoms with Crippen molar-refractivity contribution >= 4 is 24.2 Å². The second kappa shape index (κ2) is 6.52. The third-order valence-electron chi connectivity index (χ3n) is 2.76. The van der Waals surface area contributed by atoms with Crippen LogP contribution < -0.4 is 5.32 Å². The molecule has 104 valence electrons. The van der Waals surface area contributed by atoms with E-state index in [-0.39, 0.29) is 5.69 Å². The van der Waals surface area contributed by atoms with Gasteiger partial charge < -0.3 is 5.32 Å². The van der Waals surface area contributed by atoms with Crippen molar-refractivity contribution in [3.05, 3.63) is 65.7 Å². The summed E-state index contributed by atoms with van der Waals surface area (Å²) in [5.41, 5.74) is 0.908. The Balaban J connectivity index is 2.01. The predicted molar refractivity (Wildman–Crippen MR) is 77.9 cm³/mol. The summed E-state index contributed by atoms with van der Waals surface area (Å²) in [7, 11) is 0. The Kier molecular flexibility index (Phi) is 4.74. The molecule has 0 bridgehead atoms. The van der Waals surface area contributed by atoms with Crippen LogP contribution >= 0.6 is 12.6 Å². The molecule has 20 heavy (non-hydrogen) atoms. The lowest BCUT2D eigenvalue weighted by atomic mass is 10.1. The molecule has 0 aliphatic rings. The third kappa shape index (κ3) is 3.81. The molecule has 0 heterocycles. The maximum Gasteiger partial charge on any atom is 0.237 e. The van der Waals surface area contributed by atoms with Crippen LogP contribution in [0.3, 0.4) is 0 Å². The number of amides is 1. The highest BCUT2D eigenvalue weighted by Crippen LogP contribution is 2.17. The minimum atomic E-state index is -0.807. The maximum atomic E-state index is 13.4. The molecule has 0 fully saturated rings. The zero-order valence-electron chi connectivity index (χ0n) is 10.5. The molecule has 2 nitrogen and oxygen atoms in total. The Morgan fingerprint density at radius 3 is 2.50 bits per heavy atom. The first-order valence-electron chi connectivity index (χ1n) is 6.04. The average Bonchev–Trinajstić information content (AvgIpc) is 2.43. The van der Waals surface area contributed by atoms with Crippen LogP contribution in [0.5, 0.6) is 0 Å². The van der Waals surface area contributed by atoms with Crippen molar-refractivity contribution in [2.45, 2.75) is 11.7 Å². The van der Waals surface area contributed by atoms with Crippen molar-refractivity contribution in [1.82, 2.24) is 0 Å². The quantitative estimate of drug-likeness (QED) is 0.831. The second-order valence-corrected chi connectivity index (χ2v) is 4.94. The zero-order chi connectivity index (χ0) is 14.5. The smallest absolute Gasteiger partial charge is 0.237 e. The van der Waals surface area contributed by atoms with Gasteiger partial charge in [0.05, 0.1) is 10.9 Å². The number of rotatable bonds is 4. The average molecular weight is 293 g/mol. The predicted octanol–water partition coefficient (Wildman–Crippen LogP) is 3.44. The molecule has 0 spiro atoms. The molecule has 0 saturated heterocycles. The van der Waals surface area contributed by atoms with Gasteiger partial charge in [0.15, 0.2) is 0 Å². The van der Waals surface area contributed by atoms with E-state index in [0.717, 1.165) is 17.7 Å². The summed E-state index contributed by atoms with van der Waals surface area (Å²) < 4.78 is 26.2. The monoisotopic (exact) mass is 293 g/mol. The van der Waals surface area contributed by atoms with E-state index in [0.29, 0.717) is 6.42 Å². The molecule has 0 aliphatic heterocycles. The van der Waals surface area contributed by atoms with Crippen LogP contribution in [0.25, 0.3) is 0 Å². The van der Waals surface area contributed by atoms with Gasteiger partial charge in [-0.3, -0.25) is 4.79 Å². The summed E-state index contributed by atoms with van der Waals surface area (Å²) in [5, 5.41) is 1.79. The summed E-state index contributed by atoms with van der Waals surface area (Å²) >= 11 is 4.21. The molecule has 1 unspecified atom stereocenters. The fourth-order valence-electron chi connectivity index (χ4n) is 1.74. The van der Waals surface area contributed by atoms with Crippen molar-refractivity contribution in [3.63, 3.8) is 0 Å². The molecule has 2 aromatic rings. The van der Waals surface area contributed by atoms with Gasteiger partial charge in [-0.2, -0.15) is 12.6 Å². The first-order valence-corrected chi connectivity index (χ1v) is 6.56. The number of benzene rings is 2. The Labute approximate surface area is 121 Å². The topological polar surface area (TPSA) is 29.1 Å². The molecule has 0 aromatic heterocycles. The first kappa shape index (κ1) is 14.5. The van der Waals surface area contributed by atoms with Gasteiger partial charge in [0.25, 0.3) is 0 Å². The Morgan fingerprint density at radius 1 is 1.15 bits per heavy atom. The van der Waals surface area contributed by atoms with Crippen LogP contribution in [0.15, 0.2) is 48.5 Å². The molecule has 1 amide bonds. The minimum absolute atomic E-state index is 0.0523. The van der Waals surface area contributed by atoms with E-state index in [1.807, 2.05) is 30.3 Å². The van der Waals surface area contributed by atoms with Crippen LogP contribution in [0, 0.1) is 11.6 Å². The second-order valence-electron chi connectivity index (χ2n) is 4.32. The van der Waals surface area contributed by atoms with E-state index in [2.05, 4.69) is 17.9 Å². The van der Waals surface area contributed by atoms with Gasteiger partial charge in [0.2, 0.25) is 5.91 Å². The molecule has 2 rings (SSSR count). The Bertz CT molecular complexity index is 604. The van der Waals surface area contributed by atoms with Gasteiger partial charge in [0, 0.05) is 6.07 Å². The number of hydrogen-bond acceptors (Lipinski definition) is 2. The normalized spacial score (nSPS) is 11.9. The highest BCUT2D eigenvalue weighted by molar-refractivity contribution is 7.81. The van der Waals surface area contributed by atoms with Crippen molar-refractivity contribution in [3.8, 4) is 0 Å². The molecule has 0 aliphatic carbocycles. The SMILES string of the molecule is O=C(Nc1ccc(F)cc1F)C(S)Cc1ccccc1. The lowest BCUT2D eigenvalue weighted by Crippen LogP contribution is -2.25. The van der Waals surface area contributed by atoms with Crippen LogP contribution in [0.1, 0.15) is 5.56 Å². The summed E-state index contributed by atoms with van der Waals surface area (Å²) in [6.07, 6.45) is 0.429. The molecular formula is C15H13F2NOS. The number of anilines is 1. The molecule has 5 heteroatoms. The molecule has 1 atom stereocenters. The lowest BCUT2D eigenvalue weighted by molar-refractivity contribution is -0.115. The number of nitrogens with one attached hydrogen (secondary N) is 1. The summed E-state index contributed by atoms with van der Waals surface area (Å²) in [4.78, 5) is 11.9. The Morgan fingerprint density at radius 2 is 1.85 bits per heavy atom. The van der Waals surface area contributed by atoms with Crippen molar-refractivity contribution < 1.29 is 13.6 Å². The number of hydrogen-bond donors (Lipinski definition) is 2. The third-order valence-corrected chi connectivity index (χ3v) is 3.18. The van der Waals surface area contributed by atoms with Crippen LogP contribution in [0.4, 0.5) is 14.5 Å². The van der Waals surface area contributed by atoms with Crippen LogP contribution in [-0.4, -0.2) is 11.2 Å². The summed E-state index contributed by atoms with van der Waals surface area (Å²) in [6, 6.07) is 12.4. The van der Waals surface area contributed by atoms with Crippen molar-refractivity contribution in [2.75, 3.05) is 5.32 Å². The Hall–Kier alpha value is -1.88. The largest absolute Gasteiger partial charge is 0.323 e. The number of carbonyl (C=O) groups excluding carboxylic acids is 1. The number of thiol groups is 1. The van der Waals surface area contributed by atoms with E-state index in [4.69, 9.17) is 0 Å². The molecule has 0 radical (unpaired) electrons. The van der Waals surface area contributed by atoms with E-state index < -0.39 is 22.8 Å². The highest BCUT2D eigenvalue weighted by atomic mass is 32.1. The summed E-state index contributed by atoms with van der Waals surface area (Å²) in [5.74, 6) is -1.92. The van der Waals surface area contributed by atoms with Crippen molar-refractivity contribution in [1.29, 1.82) is 0 Å². The van der Waals surface area contributed by atoms with Gasteiger partial charge in [-0.15, -0.1) is 0 Å². The molecule has 1 N–H and O–H groups in total. The van der Waals surface area contributed by atoms with Crippen molar-refractivity contribution in [2.24, 2.45) is 0 Å². The highest BCUT2D eigenvalue weighted by Gasteiger charge is 2.16. The fourth-order valence-corrected chi connectivity index (χ4v) is 2.01. The van der Waals surface area contributed by atoms with Gasteiger partial charge in [-0.25, -0.2) is 8.78 Å². The van der Waals surface area contributed by atoms with Gasteiger partial charge in [-0.1, -0.05) is 30.3 Å². The number of carbonyl (C=O) groups is 1. The minimum Gasteiger partial charge on any atom is -0.323 e. The van der Waals surface area contributed by atoms with E-state index >= 15 is 0 Å².